The SMILES string of the molecule is CCC(=O)c1scc(C)c1N. The molecule has 0 fully saturated rings. The van der Waals surface area contributed by atoms with E-state index in [1.54, 1.807) is 0 Å². The Hall–Kier alpha value is -0.830. The standard InChI is InChI=1S/C8H11NOS/c1-3-6(10)8-7(9)5(2)4-11-8/h4H,3,9H2,1-2H3. The quantitative estimate of drug-likeness (QED) is 0.690. The van der Waals surface area contributed by atoms with Crippen molar-refractivity contribution in [2.45, 2.75) is 20.3 Å². The second kappa shape index (κ2) is 3.05. The first-order valence-electron chi connectivity index (χ1n) is 3.53. The first-order valence-corrected chi connectivity index (χ1v) is 4.41. The number of hydrogen-bond acceptors (Lipinski definition) is 3. The monoisotopic (exact) mass is 169 g/mol. The van der Waals surface area contributed by atoms with Crippen molar-refractivity contribution >= 4 is 22.8 Å². The zero-order valence-electron chi connectivity index (χ0n) is 6.68. The molecule has 1 aromatic rings. The zero-order chi connectivity index (χ0) is 8.43. The van der Waals surface area contributed by atoms with Gasteiger partial charge >= 0.3 is 0 Å². The highest BCUT2D eigenvalue weighted by Crippen LogP contribution is 2.25. The lowest BCUT2D eigenvalue weighted by Gasteiger charge is -1.94. The van der Waals surface area contributed by atoms with Gasteiger partial charge in [0.25, 0.3) is 0 Å². The van der Waals surface area contributed by atoms with Crippen LogP contribution in [-0.4, -0.2) is 5.78 Å². The first kappa shape index (κ1) is 8.27. The maximum atomic E-state index is 11.2. The summed E-state index contributed by atoms with van der Waals surface area (Å²) in [5.74, 6) is 0.139. The highest BCUT2D eigenvalue weighted by Gasteiger charge is 2.10. The van der Waals surface area contributed by atoms with Gasteiger partial charge < -0.3 is 5.73 Å². The molecule has 2 N–H and O–H groups in total. The van der Waals surface area contributed by atoms with Crippen LogP contribution in [0.3, 0.4) is 0 Å². The number of nitrogen functional groups attached to an aromatic ring is 1. The Bertz CT molecular complexity index is 278. The number of hydrogen-bond donors (Lipinski definition) is 1. The maximum absolute atomic E-state index is 11.2. The largest absolute Gasteiger partial charge is 0.397 e. The summed E-state index contributed by atoms with van der Waals surface area (Å²) in [4.78, 5) is 11.9. The Morgan fingerprint density at radius 3 is 2.73 bits per heavy atom. The van der Waals surface area contributed by atoms with Crippen LogP contribution in [0.2, 0.25) is 0 Å². The molecule has 60 valence electrons. The molecular formula is C8H11NOS. The summed E-state index contributed by atoms with van der Waals surface area (Å²) in [7, 11) is 0. The Morgan fingerprint density at radius 2 is 2.36 bits per heavy atom. The molecule has 0 atom stereocenters. The van der Waals surface area contributed by atoms with Crippen LogP contribution >= 0.6 is 11.3 Å². The molecule has 3 heteroatoms. The van der Waals surface area contributed by atoms with Crippen molar-refractivity contribution in [1.82, 2.24) is 0 Å². The lowest BCUT2D eigenvalue weighted by Crippen LogP contribution is -1.98. The summed E-state index contributed by atoms with van der Waals surface area (Å²) in [5, 5.41) is 1.91. The zero-order valence-corrected chi connectivity index (χ0v) is 7.49. The minimum Gasteiger partial charge on any atom is -0.397 e. The van der Waals surface area contributed by atoms with Crippen LogP contribution in [0.25, 0.3) is 0 Å². The molecule has 0 aliphatic heterocycles. The fourth-order valence-corrected chi connectivity index (χ4v) is 1.82. The van der Waals surface area contributed by atoms with Gasteiger partial charge in [-0.25, -0.2) is 0 Å². The Labute approximate surface area is 70.0 Å². The number of aryl methyl sites for hydroxylation is 1. The summed E-state index contributed by atoms with van der Waals surface area (Å²) in [6, 6.07) is 0. The number of Topliss-reactive ketones (excluding diaryl/α,β-unsaturated/α-hetero) is 1. The van der Waals surface area contributed by atoms with E-state index < -0.39 is 0 Å². The number of ketones is 1. The first-order chi connectivity index (χ1) is 5.16. The molecule has 1 heterocycles. The molecule has 1 aromatic heterocycles. The molecule has 0 aliphatic carbocycles. The third-order valence-electron chi connectivity index (χ3n) is 1.60. The molecule has 0 aromatic carbocycles. The van der Waals surface area contributed by atoms with Crippen LogP contribution in [-0.2, 0) is 0 Å². The van der Waals surface area contributed by atoms with Gasteiger partial charge in [0.1, 0.15) is 0 Å². The van der Waals surface area contributed by atoms with E-state index in [0.717, 1.165) is 5.56 Å². The van der Waals surface area contributed by atoms with Crippen molar-refractivity contribution in [1.29, 1.82) is 0 Å². The smallest absolute Gasteiger partial charge is 0.174 e. The topological polar surface area (TPSA) is 43.1 Å². The van der Waals surface area contributed by atoms with Gasteiger partial charge in [-0.15, -0.1) is 11.3 Å². The van der Waals surface area contributed by atoms with Gasteiger partial charge in [-0.05, 0) is 17.9 Å². The van der Waals surface area contributed by atoms with E-state index in [0.29, 0.717) is 17.0 Å². The van der Waals surface area contributed by atoms with E-state index in [1.807, 2.05) is 19.2 Å². The predicted molar refractivity (Wildman–Crippen MR) is 48.1 cm³/mol. The van der Waals surface area contributed by atoms with Crippen molar-refractivity contribution < 1.29 is 4.79 Å². The molecule has 0 spiro atoms. The molecule has 0 saturated carbocycles. The van der Waals surface area contributed by atoms with E-state index in [-0.39, 0.29) is 5.78 Å². The number of carbonyl (C=O) groups is 1. The molecule has 2 nitrogen and oxygen atoms in total. The van der Waals surface area contributed by atoms with Crippen LogP contribution < -0.4 is 5.73 Å². The number of thiophene rings is 1. The summed E-state index contributed by atoms with van der Waals surface area (Å²) in [6.45, 7) is 3.76. The van der Waals surface area contributed by atoms with Crippen LogP contribution in [0.5, 0.6) is 0 Å². The van der Waals surface area contributed by atoms with Crippen LogP contribution in [0.4, 0.5) is 5.69 Å². The number of rotatable bonds is 2. The molecule has 0 saturated heterocycles. The van der Waals surface area contributed by atoms with Crippen molar-refractivity contribution in [3.63, 3.8) is 0 Å². The maximum Gasteiger partial charge on any atom is 0.174 e. The van der Waals surface area contributed by atoms with Crippen molar-refractivity contribution in [2.24, 2.45) is 0 Å². The summed E-state index contributed by atoms with van der Waals surface area (Å²) in [6.07, 6.45) is 0.532. The normalized spacial score (nSPS) is 10.0. The fraction of sp³-hybridized carbons (Fsp3) is 0.375. The van der Waals surface area contributed by atoms with E-state index in [4.69, 9.17) is 5.73 Å². The van der Waals surface area contributed by atoms with E-state index in [2.05, 4.69) is 0 Å². The molecule has 0 unspecified atom stereocenters. The Morgan fingerprint density at radius 1 is 1.73 bits per heavy atom. The number of nitrogens with two attached hydrogens (primary N) is 1. The molecule has 0 bridgehead atoms. The van der Waals surface area contributed by atoms with Gasteiger partial charge in [0.2, 0.25) is 0 Å². The van der Waals surface area contributed by atoms with Gasteiger partial charge in [-0.1, -0.05) is 6.92 Å². The lowest BCUT2D eigenvalue weighted by molar-refractivity contribution is 0.0993. The molecule has 1 rings (SSSR count). The van der Waals surface area contributed by atoms with Gasteiger partial charge in [0, 0.05) is 6.42 Å². The third kappa shape index (κ3) is 1.43. The highest BCUT2D eigenvalue weighted by molar-refractivity contribution is 7.12. The second-order valence-electron chi connectivity index (χ2n) is 2.44. The van der Waals surface area contributed by atoms with Gasteiger partial charge in [0.15, 0.2) is 5.78 Å². The fourth-order valence-electron chi connectivity index (χ4n) is 0.830. The summed E-state index contributed by atoms with van der Waals surface area (Å²) in [5.41, 5.74) is 7.33. The van der Waals surface area contributed by atoms with Crippen LogP contribution in [0.15, 0.2) is 5.38 Å². The van der Waals surface area contributed by atoms with Gasteiger partial charge in [0.05, 0.1) is 10.6 Å². The molecule has 0 amide bonds. The number of carbonyl (C=O) groups excluding carboxylic acids is 1. The highest BCUT2D eigenvalue weighted by atomic mass is 32.1. The van der Waals surface area contributed by atoms with E-state index in [9.17, 15) is 4.79 Å². The molecule has 0 aliphatic rings. The minimum atomic E-state index is 0.139. The van der Waals surface area contributed by atoms with E-state index in [1.165, 1.54) is 11.3 Å². The Kier molecular flexibility index (Phi) is 2.29. The molecule has 11 heavy (non-hydrogen) atoms. The predicted octanol–water partition coefficient (Wildman–Crippen LogP) is 2.23. The van der Waals surface area contributed by atoms with Crippen molar-refractivity contribution in [2.75, 3.05) is 5.73 Å². The third-order valence-corrected chi connectivity index (χ3v) is 2.75. The summed E-state index contributed by atoms with van der Waals surface area (Å²) >= 11 is 1.43. The van der Waals surface area contributed by atoms with E-state index >= 15 is 0 Å². The number of anilines is 1. The minimum absolute atomic E-state index is 0.139. The molecule has 0 radical (unpaired) electrons. The van der Waals surface area contributed by atoms with Crippen LogP contribution in [0.1, 0.15) is 28.6 Å². The lowest BCUT2D eigenvalue weighted by atomic mass is 10.2. The Balaban J connectivity index is 3.04. The second-order valence-corrected chi connectivity index (χ2v) is 3.32. The van der Waals surface area contributed by atoms with Crippen LogP contribution in [0, 0.1) is 6.92 Å². The van der Waals surface area contributed by atoms with Gasteiger partial charge in [-0.3, -0.25) is 4.79 Å². The average Bonchev–Trinajstić information content (AvgIpc) is 2.32. The molecular weight excluding hydrogens is 158 g/mol. The van der Waals surface area contributed by atoms with Crippen molar-refractivity contribution in [3.05, 3.63) is 15.8 Å². The van der Waals surface area contributed by atoms with Crippen molar-refractivity contribution in [3.8, 4) is 0 Å². The average molecular weight is 169 g/mol. The summed E-state index contributed by atoms with van der Waals surface area (Å²) < 4.78 is 0. The van der Waals surface area contributed by atoms with Gasteiger partial charge in [-0.2, -0.15) is 0 Å².